The maximum atomic E-state index is 12.5. The smallest absolute Gasteiger partial charge is 0.266 e. The van der Waals surface area contributed by atoms with Crippen LogP contribution in [-0.4, -0.2) is 23.2 Å². The molecule has 0 spiro atoms. The van der Waals surface area contributed by atoms with E-state index >= 15 is 0 Å². The Hall–Kier alpha value is -2.55. The minimum Gasteiger partial charge on any atom is -0.376 e. The van der Waals surface area contributed by atoms with Gasteiger partial charge in [0.15, 0.2) is 0 Å². The van der Waals surface area contributed by atoms with Crippen LogP contribution in [0.3, 0.4) is 0 Å². The van der Waals surface area contributed by atoms with Gasteiger partial charge in [0.05, 0.1) is 6.10 Å². The first-order chi connectivity index (χ1) is 13.0. The van der Waals surface area contributed by atoms with Gasteiger partial charge in [-0.15, -0.1) is 0 Å². The van der Waals surface area contributed by atoms with E-state index in [-0.39, 0.29) is 11.7 Å². The van der Waals surface area contributed by atoms with E-state index in [1.807, 2.05) is 26.0 Å². The van der Waals surface area contributed by atoms with Crippen LogP contribution in [0.15, 0.2) is 35.9 Å². The molecule has 6 heteroatoms. The standard InChI is InChI=1S/C21H22ClN3O2/c1-14-9-16(15(2)25(14)13-20-7-4-8-27-20)10-17(12-23)21(26)24-19-6-3-5-18(22)11-19/h3,5-6,9-11,20H,4,7-8,13H2,1-2H3,(H,24,26)/b17-10+/t20-/m0/s1. The largest absolute Gasteiger partial charge is 0.376 e. The Kier molecular flexibility index (Phi) is 6.00. The number of anilines is 1. The van der Waals surface area contributed by atoms with Crippen LogP contribution < -0.4 is 5.32 Å². The molecular weight excluding hydrogens is 362 g/mol. The lowest BCUT2D eigenvalue weighted by Crippen LogP contribution is -2.17. The van der Waals surface area contributed by atoms with Crippen molar-refractivity contribution in [2.45, 2.75) is 39.3 Å². The highest BCUT2D eigenvalue weighted by Gasteiger charge is 2.19. The molecule has 0 radical (unpaired) electrons. The third kappa shape index (κ3) is 4.60. The third-order valence-corrected chi connectivity index (χ3v) is 5.01. The molecule has 1 amide bonds. The molecule has 1 N–H and O–H groups in total. The monoisotopic (exact) mass is 383 g/mol. The minimum absolute atomic E-state index is 0.0485. The zero-order chi connectivity index (χ0) is 19.4. The average molecular weight is 384 g/mol. The van der Waals surface area contributed by atoms with Crippen LogP contribution in [0.5, 0.6) is 0 Å². The van der Waals surface area contributed by atoms with Gasteiger partial charge in [-0.1, -0.05) is 17.7 Å². The summed E-state index contributed by atoms with van der Waals surface area (Å²) < 4.78 is 7.92. The number of aryl methyl sites for hydroxylation is 1. The number of amides is 1. The molecule has 27 heavy (non-hydrogen) atoms. The van der Waals surface area contributed by atoms with Crippen molar-refractivity contribution in [1.29, 1.82) is 5.26 Å². The molecule has 0 saturated carbocycles. The van der Waals surface area contributed by atoms with E-state index in [2.05, 4.69) is 9.88 Å². The van der Waals surface area contributed by atoms with Gasteiger partial charge in [-0.3, -0.25) is 4.79 Å². The van der Waals surface area contributed by atoms with Crippen molar-refractivity contribution in [3.63, 3.8) is 0 Å². The number of rotatable bonds is 5. The number of hydrogen-bond acceptors (Lipinski definition) is 3. The summed E-state index contributed by atoms with van der Waals surface area (Å²) in [4.78, 5) is 12.5. The molecule has 3 rings (SSSR count). The fraction of sp³-hybridized carbons (Fsp3) is 0.333. The predicted molar refractivity (Wildman–Crippen MR) is 107 cm³/mol. The lowest BCUT2D eigenvalue weighted by atomic mass is 10.1. The van der Waals surface area contributed by atoms with E-state index in [1.165, 1.54) is 0 Å². The zero-order valence-electron chi connectivity index (χ0n) is 15.5. The fourth-order valence-corrected chi connectivity index (χ4v) is 3.51. The van der Waals surface area contributed by atoms with Crippen LogP contribution >= 0.6 is 11.6 Å². The molecule has 2 heterocycles. The number of hydrogen-bond donors (Lipinski definition) is 1. The first-order valence-electron chi connectivity index (χ1n) is 8.95. The number of aromatic nitrogens is 1. The van der Waals surface area contributed by atoms with Crippen LogP contribution in [0.2, 0.25) is 5.02 Å². The molecule has 1 fully saturated rings. The summed E-state index contributed by atoms with van der Waals surface area (Å²) in [5.74, 6) is -0.455. The molecule has 140 valence electrons. The summed E-state index contributed by atoms with van der Waals surface area (Å²) in [6, 6.07) is 10.8. The highest BCUT2D eigenvalue weighted by molar-refractivity contribution is 6.31. The van der Waals surface area contributed by atoms with E-state index in [9.17, 15) is 10.1 Å². The topological polar surface area (TPSA) is 67.0 Å². The number of nitriles is 1. The molecule has 0 bridgehead atoms. The zero-order valence-corrected chi connectivity index (χ0v) is 16.2. The minimum atomic E-state index is -0.455. The van der Waals surface area contributed by atoms with E-state index < -0.39 is 5.91 Å². The molecule has 2 aromatic rings. The average Bonchev–Trinajstić information content (AvgIpc) is 3.23. The number of ether oxygens (including phenoxy) is 1. The van der Waals surface area contributed by atoms with Crippen LogP contribution in [0.4, 0.5) is 5.69 Å². The van der Waals surface area contributed by atoms with Crippen LogP contribution in [0.1, 0.15) is 29.8 Å². The van der Waals surface area contributed by atoms with Crippen molar-refractivity contribution in [2.75, 3.05) is 11.9 Å². The molecule has 0 unspecified atom stereocenters. The SMILES string of the molecule is Cc1cc(/C=C(\C#N)C(=O)Nc2cccc(Cl)c2)c(C)n1C[C@@H]1CCCO1. The van der Waals surface area contributed by atoms with Gasteiger partial charge in [-0.05, 0) is 62.6 Å². The maximum Gasteiger partial charge on any atom is 0.266 e. The predicted octanol–water partition coefficient (Wildman–Crippen LogP) is 4.48. The van der Waals surface area contributed by atoms with Crippen molar-refractivity contribution < 1.29 is 9.53 Å². The number of nitrogens with zero attached hydrogens (tertiary/aromatic N) is 2. The lowest BCUT2D eigenvalue weighted by Gasteiger charge is -2.14. The molecular formula is C21H22ClN3O2. The Morgan fingerprint density at radius 2 is 2.26 bits per heavy atom. The quantitative estimate of drug-likeness (QED) is 0.611. The second kappa shape index (κ2) is 8.43. The molecule has 1 aliphatic heterocycles. The normalized spacial score (nSPS) is 17.0. The summed E-state index contributed by atoms with van der Waals surface area (Å²) in [6.45, 7) is 5.64. The van der Waals surface area contributed by atoms with Gasteiger partial charge in [-0.2, -0.15) is 5.26 Å². The van der Waals surface area contributed by atoms with Crippen LogP contribution in [0, 0.1) is 25.2 Å². The summed E-state index contributed by atoms with van der Waals surface area (Å²) in [7, 11) is 0. The van der Waals surface area contributed by atoms with Gasteiger partial charge in [0.1, 0.15) is 11.6 Å². The maximum absolute atomic E-state index is 12.5. The van der Waals surface area contributed by atoms with Gasteiger partial charge < -0.3 is 14.6 Å². The van der Waals surface area contributed by atoms with Crippen molar-refractivity contribution in [3.05, 3.63) is 57.9 Å². The molecule has 1 atom stereocenters. The van der Waals surface area contributed by atoms with Crippen molar-refractivity contribution >= 4 is 29.3 Å². The van der Waals surface area contributed by atoms with Crippen molar-refractivity contribution in [2.24, 2.45) is 0 Å². The van der Waals surface area contributed by atoms with E-state index in [4.69, 9.17) is 16.3 Å². The van der Waals surface area contributed by atoms with Crippen molar-refractivity contribution in [3.8, 4) is 6.07 Å². The number of carbonyl (C=O) groups is 1. The summed E-state index contributed by atoms with van der Waals surface area (Å²) in [5, 5.41) is 12.7. The second-order valence-electron chi connectivity index (χ2n) is 6.71. The number of nitrogens with one attached hydrogen (secondary N) is 1. The Balaban J connectivity index is 1.80. The molecule has 1 saturated heterocycles. The van der Waals surface area contributed by atoms with Gasteiger partial charge in [-0.25, -0.2) is 0 Å². The van der Waals surface area contributed by atoms with Crippen LogP contribution in [-0.2, 0) is 16.1 Å². The van der Waals surface area contributed by atoms with Crippen LogP contribution in [0.25, 0.3) is 6.08 Å². The molecule has 1 aliphatic rings. The Morgan fingerprint density at radius 1 is 1.44 bits per heavy atom. The fourth-order valence-electron chi connectivity index (χ4n) is 3.32. The lowest BCUT2D eigenvalue weighted by molar-refractivity contribution is -0.112. The molecule has 1 aromatic carbocycles. The first-order valence-corrected chi connectivity index (χ1v) is 9.33. The van der Waals surface area contributed by atoms with Gasteiger partial charge >= 0.3 is 0 Å². The number of halogens is 1. The van der Waals surface area contributed by atoms with E-state index in [1.54, 1.807) is 30.3 Å². The Morgan fingerprint density at radius 3 is 2.93 bits per heavy atom. The molecule has 1 aromatic heterocycles. The Bertz CT molecular complexity index is 918. The highest BCUT2D eigenvalue weighted by Crippen LogP contribution is 2.22. The number of carbonyl (C=O) groups excluding carboxylic acids is 1. The molecule has 0 aliphatic carbocycles. The molecule has 5 nitrogen and oxygen atoms in total. The summed E-state index contributed by atoms with van der Waals surface area (Å²) >= 11 is 5.94. The Labute approximate surface area is 164 Å². The summed E-state index contributed by atoms with van der Waals surface area (Å²) in [5.41, 5.74) is 3.57. The van der Waals surface area contributed by atoms with Gasteiger partial charge in [0.2, 0.25) is 0 Å². The summed E-state index contributed by atoms with van der Waals surface area (Å²) in [6.07, 6.45) is 4.02. The third-order valence-electron chi connectivity index (χ3n) is 4.77. The van der Waals surface area contributed by atoms with Gasteiger partial charge in [0.25, 0.3) is 5.91 Å². The second-order valence-corrected chi connectivity index (χ2v) is 7.14. The van der Waals surface area contributed by atoms with E-state index in [0.717, 1.165) is 42.9 Å². The van der Waals surface area contributed by atoms with Gasteiger partial charge in [0, 0.05) is 35.2 Å². The number of benzene rings is 1. The van der Waals surface area contributed by atoms with Crippen molar-refractivity contribution in [1.82, 2.24) is 4.57 Å². The first kappa shape index (κ1) is 19.2. The van der Waals surface area contributed by atoms with E-state index in [0.29, 0.717) is 10.7 Å². The highest BCUT2D eigenvalue weighted by atomic mass is 35.5.